The van der Waals surface area contributed by atoms with Crippen molar-refractivity contribution in [2.45, 2.75) is 32.4 Å². The van der Waals surface area contributed by atoms with E-state index in [1.54, 1.807) is 6.20 Å². The van der Waals surface area contributed by atoms with E-state index < -0.39 is 0 Å². The van der Waals surface area contributed by atoms with Gasteiger partial charge in [-0.15, -0.1) is 0 Å². The molecule has 1 aliphatic rings. The van der Waals surface area contributed by atoms with Gasteiger partial charge in [0.05, 0.1) is 6.10 Å². The molecule has 1 atom stereocenters. The first-order valence-corrected chi connectivity index (χ1v) is 6.77. The van der Waals surface area contributed by atoms with Gasteiger partial charge in [0.25, 0.3) is 0 Å². The van der Waals surface area contributed by atoms with E-state index in [9.17, 15) is 0 Å². The van der Waals surface area contributed by atoms with E-state index in [1.165, 1.54) is 0 Å². The predicted octanol–water partition coefficient (Wildman–Crippen LogP) is 2.40. The monoisotopic (exact) mass is 270 g/mol. The Hall–Kier alpha value is -0.840. The van der Waals surface area contributed by atoms with Crippen LogP contribution in [0, 0.1) is 0 Å². The van der Waals surface area contributed by atoms with Gasteiger partial charge in [-0.25, -0.2) is 4.98 Å². The van der Waals surface area contributed by atoms with Gasteiger partial charge in [-0.2, -0.15) is 0 Å². The SMILES string of the molecule is CCNCc1cnc(OCC2CCCO2)c(Cl)c1. The van der Waals surface area contributed by atoms with Crippen LogP contribution >= 0.6 is 11.6 Å². The van der Waals surface area contributed by atoms with Crippen molar-refractivity contribution < 1.29 is 9.47 Å². The summed E-state index contributed by atoms with van der Waals surface area (Å²) >= 11 is 6.14. The summed E-state index contributed by atoms with van der Waals surface area (Å²) in [7, 11) is 0. The maximum Gasteiger partial charge on any atom is 0.232 e. The minimum atomic E-state index is 0.185. The van der Waals surface area contributed by atoms with Gasteiger partial charge in [-0.05, 0) is 31.0 Å². The number of hydrogen-bond acceptors (Lipinski definition) is 4. The Labute approximate surface area is 113 Å². The number of nitrogens with one attached hydrogen (secondary N) is 1. The lowest BCUT2D eigenvalue weighted by atomic mass is 10.2. The highest BCUT2D eigenvalue weighted by Crippen LogP contribution is 2.23. The molecule has 18 heavy (non-hydrogen) atoms. The van der Waals surface area contributed by atoms with Crippen LogP contribution in [0.5, 0.6) is 5.88 Å². The summed E-state index contributed by atoms with van der Waals surface area (Å²) in [5.41, 5.74) is 1.06. The van der Waals surface area contributed by atoms with E-state index in [2.05, 4.69) is 17.2 Å². The predicted molar refractivity (Wildman–Crippen MR) is 71.1 cm³/mol. The topological polar surface area (TPSA) is 43.4 Å². The molecule has 0 spiro atoms. The minimum Gasteiger partial charge on any atom is -0.474 e. The van der Waals surface area contributed by atoms with Crippen LogP contribution in [-0.2, 0) is 11.3 Å². The molecule has 1 N–H and O–H groups in total. The summed E-state index contributed by atoms with van der Waals surface area (Å²) in [6.07, 6.45) is 4.14. The molecule has 100 valence electrons. The Morgan fingerprint density at radius 2 is 2.50 bits per heavy atom. The Balaban J connectivity index is 1.87. The highest BCUT2D eigenvalue weighted by Gasteiger charge is 2.17. The molecule has 1 aromatic rings. The van der Waals surface area contributed by atoms with Crippen molar-refractivity contribution in [3.8, 4) is 5.88 Å². The van der Waals surface area contributed by atoms with Crippen molar-refractivity contribution in [2.75, 3.05) is 19.8 Å². The number of rotatable bonds is 6. The fourth-order valence-corrected chi connectivity index (χ4v) is 2.13. The van der Waals surface area contributed by atoms with Crippen molar-refractivity contribution >= 4 is 11.6 Å². The van der Waals surface area contributed by atoms with Crippen molar-refractivity contribution in [2.24, 2.45) is 0 Å². The number of pyridine rings is 1. The lowest BCUT2D eigenvalue weighted by Crippen LogP contribution is -2.17. The number of aromatic nitrogens is 1. The Kier molecular flexibility index (Phi) is 5.23. The number of ether oxygens (including phenoxy) is 2. The zero-order valence-corrected chi connectivity index (χ0v) is 11.4. The maximum atomic E-state index is 6.14. The fraction of sp³-hybridized carbons (Fsp3) is 0.615. The van der Waals surface area contributed by atoms with Gasteiger partial charge in [-0.3, -0.25) is 0 Å². The van der Waals surface area contributed by atoms with Crippen LogP contribution in [0.3, 0.4) is 0 Å². The molecule has 0 aromatic carbocycles. The standard InChI is InChI=1S/C13H19ClN2O2/c1-2-15-7-10-6-12(14)13(16-8-10)18-9-11-4-3-5-17-11/h6,8,11,15H,2-5,7,9H2,1H3. The van der Waals surface area contributed by atoms with E-state index in [-0.39, 0.29) is 6.10 Å². The van der Waals surface area contributed by atoms with E-state index >= 15 is 0 Å². The molecular weight excluding hydrogens is 252 g/mol. The number of halogens is 1. The third-order valence-electron chi connectivity index (χ3n) is 2.87. The Morgan fingerprint density at radius 1 is 1.61 bits per heavy atom. The Morgan fingerprint density at radius 3 is 3.17 bits per heavy atom. The van der Waals surface area contributed by atoms with Gasteiger partial charge in [0.2, 0.25) is 5.88 Å². The quantitative estimate of drug-likeness (QED) is 0.862. The van der Waals surface area contributed by atoms with Crippen LogP contribution in [0.4, 0.5) is 0 Å². The summed E-state index contributed by atoms with van der Waals surface area (Å²) < 4.78 is 11.1. The molecule has 0 saturated carbocycles. The molecule has 1 saturated heterocycles. The molecule has 0 aliphatic carbocycles. The van der Waals surface area contributed by atoms with Crippen LogP contribution in [0.2, 0.25) is 5.02 Å². The summed E-state index contributed by atoms with van der Waals surface area (Å²) in [5.74, 6) is 0.493. The first-order valence-electron chi connectivity index (χ1n) is 6.39. The van der Waals surface area contributed by atoms with Gasteiger partial charge in [0.15, 0.2) is 0 Å². The summed E-state index contributed by atoms with van der Waals surface area (Å²) in [5, 5.41) is 3.79. The fourth-order valence-electron chi connectivity index (χ4n) is 1.88. The number of hydrogen-bond donors (Lipinski definition) is 1. The Bertz CT molecular complexity index is 381. The van der Waals surface area contributed by atoms with Crippen LogP contribution < -0.4 is 10.1 Å². The molecule has 0 bridgehead atoms. The van der Waals surface area contributed by atoms with Crippen LogP contribution in [0.1, 0.15) is 25.3 Å². The van der Waals surface area contributed by atoms with E-state index in [0.717, 1.165) is 38.1 Å². The second-order valence-corrected chi connectivity index (χ2v) is 4.76. The van der Waals surface area contributed by atoms with E-state index in [1.807, 2.05) is 6.07 Å². The summed E-state index contributed by atoms with van der Waals surface area (Å²) in [4.78, 5) is 4.24. The van der Waals surface area contributed by atoms with Crippen LogP contribution in [0.25, 0.3) is 0 Å². The van der Waals surface area contributed by atoms with Crippen LogP contribution in [0.15, 0.2) is 12.3 Å². The van der Waals surface area contributed by atoms with E-state index in [0.29, 0.717) is 17.5 Å². The average molecular weight is 271 g/mol. The molecule has 0 radical (unpaired) electrons. The van der Waals surface area contributed by atoms with Gasteiger partial charge >= 0.3 is 0 Å². The van der Waals surface area contributed by atoms with Crippen molar-refractivity contribution in [1.29, 1.82) is 0 Å². The molecule has 1 aromatic heterocycles. The van der Waals surface area contributed by atoms with E-state index in [4.69, 9.17) is 21.1 Å². The second-order valence-electron chi connectivity index (χ2n) is 4.36. The van der Waals surface area contributed by atoms with Gasteiger partial charge < -0.3 is 14.8 Å². The summed E-state index contributed by atoms with van der Waals surface area (Å²) in [6.45, 7) is 5.12. The molecule has 2 rings (SSSR count). The molecule has 1 unspecified atom stereocenters. The zero-order valence-electron chi connectivity index (χ0n) is 10.6. The molecule has 1 fully saturated rings. The normalized spacial score (nSPS) is 19.1. The van der Waals surface area contributed by atoms with Crippen molar-refractivity contribution in [3.63, 3.8) is 0 Å². The highest BCUT2D eigenvalue weighted by atomic mass is 35.5. The highest BCUT2D eigenvalue weighted by molar-refractivity contribution is 6.31. The second kappa shape index (κ2) is 6.92. The largest absolute Gasteiger partial charge is 0.474 e. The minimum absolute atomic E-state index is 0.185. The van der Waals surface area contributed by atoms with Crippen LogP contribution in [-0.4, -0.2) is 30.8 Å². The zero-order chi connectivity index (χ0) is 12.8. The molecule has 2 heterocycles. The first kappa shape index (κ1) is 13.6. The third kappa shape index (κ3) is 3.83. The lowest BCUT2D eigenvalue weighted by molar-refractivity contribution is 0.0664. The smallest absolute Gasteiger partial charge is 0.232 e. The van der Waals surface area contributed by atoms with Gasteiger partial charge in [0.1, 0.15) is 11.6 Å². The molecule has 4 nitrogen and oxygen atoms in total. The molecule has 5 heteroatoms. The van der Waals surface area contributed by atoms with Gasteiger partial charge in [-0.1, -0.05) is 18.5 Å². The molecule has 1 aliphatic heterocycles. The molecule has 0 amide bonds. The lowest BCUT2D eigenvalue weighted by Gasteiger charge is -2.12. The average Bonchev–Trinajstić information content (AvgIpc) is 2.88. The number of nitrogens with zero attached hydrogens (tertiary/aromatic N) is 1. The molecular formula is C13H19ClN2O2. The maximum absolute atomic E-state index is 6.14. The van der Waals surface area contributed by atoms with Crippen molar-refractivity contribution in [1.82, 2.24) is 10.3 Å². The van der Waals surface area contributed by atoms with Gasteiger partial charge in [0, 0.05) is 19.3 Å². The van der Waals surface area contributed by atoms with Crippen molar-refractivity contribution in [3.05, 3.63) is 22.8 Å². The summed E-state index contributed by atoms with van der Waals surface area (Å²) in [6, 6.07) is 1.89. The first-order chi connectivity index (χ1) is 8.79. The third-order valence-corrected chi connectivity index (χ3v) is 3.14.